The van der Waals surface area contributed by atoms with Crippen LogP contribution >= 0.6 is 0 Å². The molecule has 1 aromatic heterocycles. The summed E-state index contributed by atoms with van der Waals surface area (Å²) in [6.07, 6.45) is 7.31. The van der Waals surface area contributed by atoms with Crippen molar-refractivity contribution in [1.82, 2.24) is 19.8 Å². The summed E-state index contributed by atoms with van der Waals surface area (Å²) >= 11 is 0. The van der Waals surface area contributed by atoms with Gasteiger partial charge < -0.3 is 10.2 Å². The number of hydrogen-bond donors (Lipinski definition) is 1. The molecule has 3 heterocycles. The van der Waals surface area contributed by atoms with Crippen LogP contribution in [0.1, 0.15) is 50.0 Å². The minimum absolute atomic E-state index is 0.324. The Kier molecular flexibility index (Phi) is 6.83. The first-order valence-corrected chi connectivity index (χ1v) is 10.2. The van der Waals surface area contributed by atoms with Crippen LogP contribution in [0.4, 0.5) is 5.82 Å². The Hall–Kier alpha value is -1.69. The normalized spacial score (nSPS) is 21.6. The van der Waals surface area contributed by atoms with E-state index in [9.17, 15) is 4.79 Å². The third-order valence-corrected chi connectivity index (χ3v) is 5.52. The van der Waals surface area contributed by atoms with E-state index in [1.54, 1.807) is 0 Å². The van der Waals surface area contributed by atoms with Crippen molar-refractivity contribution in [3.8, 4) is 0 Å². The molecule has 144 valence electrons. The van der Waals surface area contributed by atoms with Crippen molar-refractivity contribution in [3.63, 3.8) is 0 Å². The number of likely N-dealkylation sites (tertiary alicyclic amines) is 2. The molecule has 1 N–H and O–H groups in total. The van der Waals surface area contributed by atoms with Crippen LogP contribution in [-0.2, 0) is 4.79 Å². The van der Waals surface area contributed by atoms with Crippen molar-refractivity contribution in [3.05, 3.63) is 17.6 Å². The van der Waals surface area contributed by atoms with Crippen molar-refractivity contribution in [2.24, 2.45) is 5.92 Å². The van der Waals surface area contributed by atoms with Gasteiger partial charge in [0.2, 0.25) is 5.91 Å². The molecule has 3 rings (SSSR count). The van der Waals surface area contributed by atoms with Gasteiger partial charge >= 0.3 is 0 Å². The molecule has 0 aromatic carbocycles. The summed E-state index contributed by atoms with van der Waals surface area (Å²) in [7, 11) is 0. The average molecular weight is 360 g/mol. The van der Waals surface area contributed by atoms with Gasteiger partial charge in [-0.1, -0.05) is 12.8 Å². The number of carbonyl (C=O) groups excluding carboxylic acids is 1. The molecule has 0 aliphatic carbocycles. The zero-order valence-corrected chi connectivity index (χ0v) is 16.3. The molecule has 2 aliphatic rings. The smallest absolute Gasteiger partial charge is 0.236 e. The van der Waals surface area contributed by atoms with Gasteiger partial charge in [-0.3, -0.25) is 9.69 Å². The Balaban J connectivity index is 1.38. The number of rotatable bonds is 6. The molecule has 26 heavy (non-hydrogen) atoms. The quantitative estimate of drug-likeness (QED) is 0.846. The van der Waals surface area contributed by atoms with Crippen molar-refractivity contribution in [2.75, 3.05) is 44.6 Å². The molecule has 2 aliphatic heterocycles. The third-order valence-electron chi connectivity index (χ3n) is 5.52. The zero-order chi connectivity index (χ0) is 18.4. The lowest BCUT2D eigenvalue weighted by atomic mass is 10.1. The van der Waals surface area contributed by atoms with Crippen LogP contribution in [0, 0.1) is 19.8 Å². The topological polar surface area (TPSA) is 61.4 Å². The molecule has 2 saturated heterocycles. The second kappa shape index (κ2) is 9.31. The van der Waals surface area contributed by atoms with E-state index in [1.807, 2.05) is 19.9 Å². The second-order valence-corrected chi connectivity index (χ2v) is 7.84. The first kappa shape index (κ1) is 19.1. The van der Waals surface area contributed by atoms with Gasteiger partial charge in [0.15, 0.2) is 0 Å². The molecule has 1 atom stereocenters. The minimum Gasteiger partial charge on any atom is -0.370 e. The monoisotopic (exact) mass is 359 g/mol. The molecule has 1 unspecified atom stereocenters. The summed E-state index contributed by atoms with van der Waals surface area (Å²) in [6.45, 7) is 9.43. The Morgan fingerprint density at radius 3 is 2.65 bits per heavy atom. The fraction of sp³-hybridized carbons (Fsp3) is 0.750. The minimum atomic E-state index is 0.324. The lowest BCUT2D eigenvalue weighted by molar-refractivity contribution is -0.131. The maximum absolute atomic E-state index is 12.6. The summed E-state index contributed by atoms with van der Waals surface area (Å²) in [6, 6.07) is 1.98. The highest BCUT2D eigenvalue weighted by Crippen LogP contribution is 2.20. The zero-order valence-electron chi connectivity index (χ0n) is 16.3. The Labute approximate surface area is 157 Å². The van der Waals surface area contributed by atoms with Gasteiger partial charge in [0.1, 0.15) is 11.6 Å². The van der Waals surface area contributed by atoms with E-state index in [-0.39, 0.29) is 0 Å². The maximum atomic E-state index is 12.6. The molecule has 0 spiro atoms. The molecule has 1 amide bonds. The van der Waals surface area contributed by atoms with Crippen molar-refractivity contribution in [1.29, 1.82) is 0 Å². The lowest BCUT2D eigenvalue weighted by Gasteiger charge is -2.23. The van der Waals surface area contributed by atoms with Gasteiger partial charge in [0.05, 0.1) is 6.54 Å². The molecule has 6 nitrogen and oxygen atoms in total. The van der Waals surface area contributed by atoms with E-state index >= 15 is 0 Å². The van der Waals surface area contributed by atoms with Gasteiger partial charge in [0, 0.05) is 31.4 Å². The van der Waals surface area contributed by atoms with Crippen molar-refractivity contribution < 1.29 is 4.79 Å². The number of nitrogens with zero attached hydrogens (tertiary/aromatic N) is 4. The van der Waals surface area contributed by atoms with Gasteiger partial charge in [-0.05, 0) is 58.5 Å². The number of aryl methyl sites for hydroxylation is 2. The molecule has 0 saturated carbocycles. The maximum Gasteiger partial charge on any atom is 0.236 e. The number of amides is 1. The Morgan fingerprint density at radius 2 is 1.92 bits per heavy atom. The van der Waals surface area contributed by atoms with Crippen molar-refractivity contribution in [2.45, 2.75) is 52.4 Å². The molecule has 0 bridgehead atoms. The molecule has 6 heteroatoms. The van der Waals surface area contributed by atoms with Crippen LogP contribution in [-0.4, -0.2) is 64.9 Å². The van der Waals surface area contributed by atoms with Gasteiger partial charge in [-0.25, -0.2) is 9.97 Å². The molecule has 0 radical (unpaired) electrons. The van der Waals surface area contributed by atoms with E-state index in [1.165, 1.54) is 25.7 Å². The van der Waals surface area contributed by atoms with E-state index in [4.69, 9.17) is 0 Å². The van der Waals surface area contributed by atoms with Crippen molar-refractivity contribution >= 4 is 11.7 Å². The molecule has 2 fully saturated rings. The van der Waals surface area contributed by atoms with Gasteiger partial charge in [0.25, 0.3) is 0 Å². The van der Waals surface area contributed by atoms with Crippen LogP contribution in [0.2, 0.25) is 0 Å². The summed E-state index contributed by atoms with van der Waals surface area (Å²) < 4.78 is 0. The van der Waals surface area contributed by atoms with Gasteiger partial charge in [-0.15, -0.1) is 0 Å². The van der Waals surface area contributed by atoms with E-state index in [0.29, 0.717) is 18.4 Å². The second-order valence-electron chi connectivity index (χ2n) is 7.84. The van der Waals surface area contributed by atoms with Crippen LogP contribution in [0.25, 0.3) is 0 Å². The summed E-state index contributed by atoms with van der Waals surface area (Å²) in [5.41, 5.74) is 0.992. The lowest BCUT2D eigenvalue weighted by Crippen LogP contribution is -2.39. The van der Waals surface area contributed by atoms with E-state index < -0.39 is 0 Å². The SMILES string of the molecule is Cc1cc(NCCC2CCN(C(=O)CN3CCCCCC3)C2)nc(C)n1. The highest BCUT2D eigenvalue weighted by atomic mass is 16.2. The van der Waals surface area contributed by atoms with Crippen LogP contribution in [0.3, 0.4) is 0 Å². The number of nitrogens with one attached hydrogen (secondary N) is 1. The average Bonchev–Trinajstić information content (AvgIpc) is 2.91. The fourth-order valence-electron chi connectivity index (χ4n) is 4.09. The first-order valence-electron chi connectivity index (χ1n) is 10.2. The number of aromatic nitrogens is 2. The first-order chi connectivity index (χ1) is 12.6. The molecular weight excluding hydrogens is 326 g/mol. The fourth-order valence-corrected chi connectivity index (χ4v) is 4.09. The standard InChI is InChI=1S/C20H33N5O/c1-16-13-19(23-17(2)22-16)21-9-7-18-8-12-25(14-18)20(26)15-24-10-5-3-4-6-11-24/h13,18H,3-12,14-15H2,1-2H3,(H,21,22,23). The highest BCUT2D eigenvalue weighted by Gasteiger charge is 2.27. The summed E-state index contributed by atoms with van der Waals surface area (Å²) in [5.74, 6) is 2.63. The van der Waals surface area contributed by atoms with Crippen LogP contribution in [0.15, 0.2) is 6.07 Å². The third kappa shape index (κ3) is 5.66. The predicted molar refractivity (Wildman–Crippen MR) is 104 cm³/mol. The summed E-state index contributed by atoms with van der Waals surface area (Å²) in [5, 5.41) is 3.41. The van der Waals surface area contributed by atoms with E-state index in [2.05, 4.69) is 25.1 Å². The van der Waals surface area contributed by atoms with Crippen LogP contribution in [0.5, 0.6) is 0 Å². The molecular formula is C20H33N5O. The molecule has 1 aromatic rings. The Morgan fingerprint density at radius 1 is 1.15 bits per heavy atom. The summed E-state index contributed by atoms with van der Waals surface area (Å²) in [4.78, 5) is 25.7. The number of carbonyl (C=O) groups is 1. The van der Waals surface area contributed by atoms with Gasteiger partial charge in [-0.2, -0.15) is 0 Å². The predicted octanol–water partition coefficient (Wildman–Crippen LogP) is 2.62. The van der Waals surface area contributed by atoms with Crippen LogP contribution < -0.4 is 5.32 Å². The number of anilines is 1. The highest BCUT2D eigenvalue weighted by molar-refractivity contribution is 5.78. The largest absolute Gasteiger partial charge is 0.370 e. The number of hydrogen-bond acceptors (Lipinski definition) is 5. The van der Waals surface area contributed by atoms with E-state index in [0.717, 1.165) is 62.9 Å². The Bertz CT molecular complexity index is 578.